The van der Waals surface area contributed by atoms with E-state index in [0.29, 0.717) is 17.9 Å². The molecule has 0 aliphatic carbocycles. The number of rotatable bonds is 6. The number of nitrogens with zero attached hydrogens (tertiary/aromatic N) is 4. The van der Waals surface area contributed by atoms with Crippen molar-refractivity contribution in [2.24, 2.45) is 11.3 Å². The number of pyridine rings is 2. The van der Waals surface area contributed by atoms with Crippen molar-refractivity contribution in [3.05, 3.63) is 60.2 Å². The predicted molar refractivity (Wildman–Crippen MR) is 156 cm³/mol. The smallest absolute Gasteiger partial charge is 0.475 e. The van der Waals surface area contributed by atoms with Gasteiger partial charge in [-0.3, -0.25) is 14.9 Å². The maximum absolute atomic E-state index is 10.6. The fourth-order valence-corrected chi connectivity index (χ4v) is 4.62. The van der Waals surface area contributed by atoms with Gasteiger partial charge in [0.05, 0.1) is 24.6 Å². The number of halogens is 12. The first-order valence-corrected chi connectivity index (χ1v) is 14.5. The van der Waals surface area contributed by atoms with Crippen LogP contribution < -0.4 is 0 Å². The van der Waals surface area contributed by atoms with E-state index in [1.165, 1.54) is 18.7 Å². The molecule has 2 aromatic heterocycles. The van der Waals surface area contributed by atoms with Gasteiger partial charge in [0.25, 0.3) is 0 Å². The lowest BCUT2D eigenvalue weighted by atomic mass is 9.77. The van der Waals surface area contributed by atoms with Crippen LogP contribution >= 0.6 is 0 Å². The Balaban J connectivity index is 0.000000820. The van der Waals surface area contributed by atoms with Crippen LogP contribution in [0.2, 0.25) is 0 Å². The molecule has 306 valence electrons. The second kappa shape index (κ2) is 21.2. The Bertz CT molecular complexity index is 1370. The van der Waals surface area contributed by atoms with Crippen LogP contribution in [-0.2, 0) is 37.1 Å². The third-order valence-electron chi connectivity index (χ3n) is 6.82. The summed E-state index contributed by atoms with van der Waals surface area (Å²) >= 11 is 0. The Morgan fingerprint density at radius 3 is 1.44 bits per heavy atom. The van der Waals surface area contributed by atoms with E-state index in [4.69, 9.17) is 44.3 Å². The lowest BCUT2D eigenvalue weighted by Crippen LogP contribution is -2.36. The van der Waals surface area contributed by atoms with Crippen molar-refractivity contribution in [2.75, 3.05) is 39.8 Å². The fourth-order valence-electron chi connectivity index (χ4n) is 4.62. The molecule has 2 saturated heterocycles. The van der Waals surface area contributed by atoms with Gasteiger partial charge in [0, 0.05) is 49.9 Å². The van der Waals surface area contributed by atoms with E-state index in [9.17, 15) is 52.7 Å². The minimum atomic E-state index is -5.08. The van der Waals surface area contributed by atoms with Gasteiger partial charge in [-0.15, -0.1) is 0 Å². The molecule has 4 heterocycles. The van der Waals surface area contributed by atoms with E-state index in [0.717, 1.165) is 38.5 Å². The molecule has 2 atom stereocenters. The molecule has 0 radical (unpaired) electrons. The maximum atomic E-state index is 10.6. The highest BCUT2D eigenvalue weighted by molar-refractivity contribution is 5.74. The van der Waals surface area contributed by atoms with Crippen molar-refractivity contribution in [1.82, 2.24) is 19.8 Å². The van der Waals surface area contributed by atoms with E-state index in [1.807, 2.05) is 36.7 Å². The van der Waals surface area contributed by atoms with Gasteiger partial charge >= 0.3 is 48.6 Å². The fraction of sp³-hybridized carbons (Fsp3) is 0.517. The molecule has 2 aromatic rings. The molecule has 0 unspecified atom stereocenters. The first kappa shape index (κ1) is 49.2. The van der Waals surface area contributed by atoms with Gasteiger partial charge in [-0.2, -0.15) is 52.7 Å². The van der Waals surface area contributed by atoms with E-state index < -0.39 is 48.6 Å². The number of aromatic nitrogens is 2. The Labute approximate surface area is 296 Å². The standard InChI is InChI=1S/C21H28N4O.4C2HF3O2/c1-24-12-18(14-26-15-20-7-3-5-10-23-20)21(16-24)8-11-25(17-21)13-19-6-2-4-9-22-19;4*3-2(4,5)1(6)7/h2-7,9-10,18H,8,11-17H2,1H3;4*(H,6,7)/t18-,21-;;;;/m1..../s1. The van der Waals surface area contributed by atoms with Gasteiger partial charge in [0.2, 0.25) is 0 Å². The van der Waals surface area contributed by atoms with Gasteiger partial charge in [0.15, 0.2) is 0 Å². The molecule has 2 aliphatic heterocycles. The van der Waals surface area contributed by atoms with Crippen LogP contribution in [0.25, 0.3) is 0 Å². The summed E-state index contributed by atoms with van der Waals surface area (Å²) in [6, 6.07) is 12.2. The summed E-state index contributed by atoms with van der Waals surface area (Å²) in [7, 11) is 2.24. The molecule has 0 aromatic carbocycles. The number of ether oxygens (including phenoxy) is 1. The highest BCUT2D eigenvalue weighted by Gasteiger charge is 2.49. The number of carboxylic acids is 4. The van der Waals surface area contributed by atoms with Crippen molar-refractivity contribution < 1.29 is 97.0 Å². The average Bonchev–Trinajstić information content (AvgIpc) is 3.58. The lowest BCUT2D eigenvalue weighted by Gasteiger charge is -2.30. The topological polar surface area (TPSA) is 191 Å². The summed E-state index contributed by atoms with van der Waals surface area (Å²) in [4.78, 5) is 49.5. The average molecular weight is 809 g/mol. The van der Waals surface area contributed by atoms with Crippen LogP contribution in [0.1, 0.15) is 17.8 Å². The zero-order valence-electron chi connectivity index (χ0n) is 27.5. The van der Waals surface area contributed by atoms with E-state index >= 15 is 0 Å². The van der Waals surface area contributed by atoms with Crippen LogP contribution in [0, 0.1) is 11.3 Å². The number of carbonyl (C=O) groups is 4. The molecule has 0 bridgehead atoms. The third-order valence-corrected chi connectivity index (χ3v) is 6.82. The summed E-state index contributed by atoms with van der Waals surface area (Å²) in [5, 5.41) is 28.5. The van der Waals surface area contributed by atoms with Crippen LogP contribution in [0.5, 0.6) is 0 Å². The lowest BCUT2D eigenvalue weighted by molar-refractivity contribution is -0.193. The Morgan fingerprint density at radius 2 is 1.09 bits per heavy atom. The maximum Gasteiger partial charge on any atom is 0.490 e. The van der Waals surface area contributed by atoms with Crippen molar-refractivity contribution in [3.8, 4) is 0 Å². The Kier molecular flexibility index (Phi) is 19.3. The molecule has 2 aliphatic rings. The molecule has 54 heavy (non-hydrogen) atoms. The first-order valence-electron chi connectivity index (χ1n) is 14.5. The van der Waals surface area contributed by atoms with Crippen molar-refractivity contribution >= 4 is 23.9 Å². The van der Waals surface area contributed by atoms with Gasteiger partial charge in [-0.05, 0) is 44.3 Å². The predicted octanol–water partition coefficient (Wildman–Crippen LogP) is 4.98. The highest BCUT2D eigenvalue weighted by Crippen LogP contribution is 2.44. The molecular weight excluding hydrogens is 776 g/mol. The zero-order valence-corrected chi connectivity index (χ0v) is 27.5. The van der Waals surface area contributed by atoms with Gasteiger partial charge in [-0.25, -0.2) is 19.2 Å². The number of carboxylic acid groups (broad SMARTS) is 4. The number of hydrogen-bond donors (Lipinski definition) is 4. The summed E-state index contributed by atoms with van der Waals surface area (Å²) in [6.07, 6.45) is -15.4. The van der Waals surface area contributed by atoms with E-state index in [2.05, 4.69) is 38.9 Å². The van der Waals surface area contributed by atoms with Crippen LogP contribution in [0.4, 0.5) is 52.7 Å². The molecule has 4 rings (SSSR count). The molecule has 1 spiro atoms. The SMILES string of the molecule is CN1C[C@H](COCc2ccccn2)[C@]2(CCN(Cc3ccccn3)C2)C1.O=C(O)C(F)(F)F.O=C(O)C(F)(F)F.O=C(O)C(F)(F)F.O=C(O)C(F)(F)F. The van der Waals surface area contributed by atoms with Crippen molar-refractivity contribution in [2.45, 2.75) is 44.3 Å². The Morgan fingerprint density at radius 1 is 0.704 bits per heavy atom. The zero-order chi connectivity index (χ0) is 42.1. The Hall–Kier alpha value is -4.78. The summed E-state index contributed by atoms with van der Waals surface area (Å²) in [6.45, 7) is 6.97. The molecule has 0 amide bonds. The molecule has 13 nitrogen and oxygen atoms in total. The van der Waals surface area contributed by atoms with Crippen LogP contribution in [-0.4, -0.2) is 129 Å². The monoisotopic (exact) mass is 808 g/mol. The molecule has 2 fully saturated rings. The summed E-state index contributed by atoms with van der Waals surface area (Å²) in [5.74, 6) is -10.4. The number of hydrogen-bond acceptors (Lipinski definition) is 9. The van der Waals surface area contributed by atoms with Gasteiger partial charge in [-0.1, -0.05) is 12.1 Å². The number of alkyl halides is 12. The third kappa shape index (κ3) is 19.9. The molecule has 25 heteroatoms. The highest BCUT2D eigenvalue weighted by atomic mass is 19.4. The quantitative estimate of drug-likeness (QED) is 0.286. The summed E-state index contributed by atoms with van der Waals surface area (Å²) in [5.41, 5.74) is 2.53. The minimum Gasteiger partial charge on any atom is -0.475 e. The van der Waals surface area contributed by atoms with Crippen LogP contribution in [0.3, 0.4) is 0 Å². The normalized spacial score (nSPS) is 18.7. The minimum absolute atomic E-state index is 0.355. The second-order valence-electron chi connectivity index (χ2n) is 11.1. The second-order valence-corrected chi connectivity index (χ2v) is 11.1. The van der Waals surface area contributed by atoms with Crippen molar-refractivity contribution in [1.29, 1.82) is 0 Å². The molecular formula is C29H32F12N4O9. The van der Waals surface area contributed by atoms with Crippen LogP contribution in [0.15, 0.2) is 48.8 Å². The van der Waals surface area contributed by atoms with Gasteiger partial charge in [0.1, 0.15) is 0 Å². The molecule has 0 saturated carbocycles. The first-order chi connectivity index (χ1) is 24.5. The van der Waals surface area contributed by atoms with E-state index in [-0.39, 0.29) is 0 Å². The summed E-state index contributed by atoms with van der Waals surface area (Å²) < 4.78 is 133. The van der Waals surface area contributed by atoms with Crippen molar-refractivity contribution in [3.63, 3.8) is 0 Å². The number of likely N-dealkylation sites (tertiary alicyclic amines) is 2. The largest absolute Gasteiger partial charge is 0.490 e. The van der Waals surface area contributed by atoms with E-state index in [1.54, 1.807) is 0 Å². The van der Waals surface area contributed by atoms with Gasteiger partial charge < -0.3 is 30.1 Å². The molecule has 4 N–H and O–H groups in total. The number of aliphatic carboxylic acids is 4.